The van der Waals surface area contributed by atoms with E-state index in [0.717, 1.165) is 11.6 Å². The Balaban J connectivity index is 2.20. The van der Waals surface area contributed by atoms with Crippen molar-refractivity contribution in [3.8, 4) is 0 Å². The minimum Gasteiger partial charge on any atom is -0.375 e. The highest BCUT2D eigenvalue weighted by Gasteiger charge is 2.19. The summed E-state index contributed by atoms with van der Waals surface area (Å²) in [5.41, 5.74) is 0.633. The van der Waals surface area contributed by atoms with Crippen molar-refractivity contribution in [2.24, 2.45) is 0 Å². The molecule has 18 heavy (non-hydrogen) atoms. The monoisotopic (exact) mass is 246 g/mol. The van der Waals surface area contributed by atoms with Crippen LogP contribution >= 0.6 is 0 Å². The van der Waals surface area contributed by atoms with Gasteiger partial charge in [-0.15, -0.1) is 0 Å². The molecule has 1 N–H and O–H groups in total. The van der Waals surface area contributed by atoms with Crippen LogP contribution in [-0.4, -0.2) is 4.92 Å². The lowest BCUT2D eigenvalue weighted by molar-refractivity contribution is -0.386. The smallest absolute Gasteiger partial charge is 0.327 e. The molecule has 0 radical (unpaired) electrons. The first kappa shape index (κ1) is 12.0. The maximum Gasteiger partial charge on any atom is 0.327 e. The number of nitro benzene ring substituents is 1. The number of nitrogens with zero attached hydrogens (tertiary/aromatic N) is 1. The fourth-order valence-corrected chi connectivity index (χ4v) is 1.64. The third-order valence-electron chi connectivity index (χ3n) is 2.50. The summed E-state index contributed by atoms with van der Waals surface area (Å²) in [6, 6.07) is 13.4. The number of nitro groups is 1. The second kappa shape index (κ2) is 5.27. The summed E-state index contributed by atoms with van der Waals surface area (Å²) in [5, 5.41) is 13.6. The van der Waals surface area contributed by atoms with Crippen molar-refractivity contribution >= 4 is 11.4 Å². The summed E-state index contributed by atoms with van der Waals surface area (Å²) in [6.07, 6.45) is 0. The fourth-order valence-electron chi connectivity index (χ4n) is 1.64. The number of hydrogen-bond donors (Lipinski definition) is 1. The minimum atomic E-state index is -0.835. The first-order valence-corrected chi connectivity index (χ1v) is 5.39. The highest BCUT2D eigenvalue weighted by Crippen LogP contribution is 2.27. The Labute approximate surface area is 103 Å². The molecule has 0 aliphatic carbocycles. The molecule has 0 spiro atoms. The van der Waals surface area contributed by atoms with Crippen LogP contribution in [0.3, 0.4) is 0 Å². The van der Waals surface area contributed by atoms with Crippen LogP contribution in [0.5, 0.6) is 0 Å². The summed E-state index contributed by atoms with van der Waals surface area (Å²) in [7, 11) is 0. The van der Waals surface area contributed by atoms with E-state index in [2.05, 4.69) is 5.32 Å². The van der Waals surface area contributed by atoms with Gasteiger partial charge in [-0.2, -0.15) is 4.39 Å². The van der Waals surface area contributed by atoms with Crippen LogP contribution in [-0.2, 0) is 6.54 Å². The van der Waals surface area contributed by atoms with Gasteiger partial charge in [0.1, 0.15) is 5.69 Å². The molecule has 0 heterocycles. The van der Waals surface area contributed by atoms with Crippen LogP contribution in [0.15, 0.2) is 48.5 Å². The summed E-state index contributed by atoms with van der Waals surface area (Å²) >= 11 is 0. The second-order valence-corrected chi connectivity index (χ2v) is 3.73. The third-order valence-corrected chi connectivity index (χ3v) is 2.50. The molecule has 0 saturated carbocycles. The maximum absolute atomic E-state index is 13.3. The number of halogens is 1. The van der Waals surface area contributed by atoms with E-state index in [4.69, 9.17) is 0 Å². The molecule has 0 fully saturated rings. The van der Waals surface area contributed by atoms with Gasteiger partial charge in [0.15, 0.2) is 0 Å². The van der Waals surface area contributed by atoms with Crippen molar-refractivity contribution in [1.82, 2.24) is 0 Å². The highest BCUT2D eigenvalue weighted by molar-refractivity contribution is 5.62. The largest absolute Gasteiger partial charge is 0.375 e. The Kier molecular flexibility index (Phi) is 3.52. The zero-order chi connectivity index (χ0) is 13.0. The van der Waals surface area contributed by atoms with Gasteiger partial charge in [0.05, 0.1) is 4.92 Å². The zero-order valence-electron chi connectivity index (χ0n) is 9.47. The average molecular weight is 246 g/mol. The van der Waals surface area contributed by atoms with E-state index in [1.54, 1.807) is 0 Å². The zero-order valence-corrected chi connectivity index (χ0v) is 9.47. The Bertz CT molecular complexity index is 558. The lowest BCUT2D eigenvalue weighted by Gasteiger charge is -2.07. The molecule has 0 aliphatic heterocycles. The van der Waals surface area contributed by atoms with Gasteiger partial charge < -0.3 is 5.32 Å². The van der Waals surface area contributed by atoms with Gasteiger partial charge >= 0.3 is 5.69 Å². The first-order valence-electron chi connectivity index (χ1n) is 5.39. The van der Waals surface area contributed by atoms with Crippen molar-refractivity contribution in [2.75, 3.05) is 5.32 Å². The van der Waals surface area contributed by atoms with E-state index in [1.807, 2.05) is 30.3 Å². The molecule has 2 aromatic rings. The lowest BCUT2D eigenvalue weighted by Crippen LogP contribution is -2.03. The Hall–Kier alpha value is -2.43. The van der Waals surface area contributed by atoms with Crippen molar-refractivity contribution in [2.45, 2.75) is 6.54 Å². The number of nitrogens with one attached hydrogen (secondary N) is 1. The molecular formula is C13H11FN2O2. The van der Waals surface area contributed by atoms with Crippen LogP contribution in [0.25, 0.3) is 0 Å². The predicted octanol–water partition coefficient (Wildman–Crippen LogP) is 3.35. The molecule has 0 aromatic heterocycles. The molecular weight excluding hydrogens is 235 g/mol. The van der Waals surface area contributed by atoms with Gasteiger partial charge in [0, 0.05) is 6.54 Å². The summed E-state index contributed by atoms with van der Waals surface area (Å²) in [4.78, 5) is 10.1. The Morgan fingerprint density at radius 3 is 2.50 bits per heavy atom. The minimum absolute atomic E-state index is 0.184. The number of para-hydroxylation sites is 1. The SMILES string of the molecule is O=[N+]([O-])c1c(F)cccc1NCc1ccccc1. The molecule has 0 atom stereocenters. The average Bonchev–Trinajstić information content (AvgIpc) is 2.37. The van der Waals surface area contributed by atoms with Gasteiger partial charge in [-0.1, -0.05) is 36.4 Å². The third kappa shape index (κ3) is 2.63. The van der Waals surface area contributed by atoms with Gasteiger partial charge in [0.25, 0.3) is 0 Å². The van der Waals surface area contributed by atoms with E-state index < -0.39 is 16.4 Å². The van der Waals surface area contributed by atoms with Crippen LogP contribution in [0.4, 0.5) is 15.8 Å². The standard InChI is InChI=1S/C13H11FN2O2/c14-11-7-4-8-12(13(11)16(17)18)15-9-10-5-2-1-3-6-10/h1-8,15H,9H2. The van der Waals surface area contributed by atoms with Gasteiger partial charge in [-0.25, -0.2) is 0 Å². The van der Waals surface area contributed by atoms with Gasteiger partial charge in [-0.05, 0) is 17.7 Å². The summed E-state index contributed by atoms with van der Waals surface area (Å²) < 4.78 is 13.3. The summed E-state index contributed by atoms with van der Waals surface area (Å²) in [5.74, 6) is -0.835. The Morgan fingerprint density at radius 1 is 1.11 bits per heavy atom. The fraction of sp³-hybridized carbons (Fsp3) is 0.0769. The molecule has 0 saturated heterocycles. The van der Waals surface area contributed by atoms with Gasteiger partial charge in [-0.3, -0.25) is 10.1 Å². The van der Waals surface area contributed by atoms with E-state index >= 15 is 0 Å². The molecule has 0 aliphatic rings. The van der Waals surface area contributed by atoms with E-state index in [-0.39, 0.29) is 5.69 Å². The van der Waals surface area contributed by atoms with E-state index in [9.17, 15) is 14.5 Å². The molecule has 0 unspecified atom stereocenters. The maximum atomic E-state index is 13.3. The quantitative estimate of drug-likeness (QED) is 0.664. The molecule has 4 nitrogen and oxygen atoms in total. The van der Waals surface area contributed by atoms with Crippen molar-refractivity contribution in [3.05, 3.63) is 70.0 Å². The van der Waals surface area contributed by atoms with E-state index in [1.165, 1.54) is 12.1 Å². The van der Waals surface area contributed by atoms with E-state index in [0.29, 0.717) is 6.54 Å². The van der Waals surface area contributed by atoms with Crippen LogP contribution in [0.1, 0.15) is 5.56 Å². The summed E-state index contributed by atoms with van der Waals surface area (Å²) in [6.45, 7) is 0.408. The number of benzene rings is 2. The molecule has 0 amide bonds. The normalized spacial score (nSPS) is 10.1. The molecule has 0 bridgehead atoms. The first-order chi connectivity index (χ1) is 8.68. The second-order valence-electron chi connectivity index (χ2n) is 3.73. The van der Waals surface area contributed by atoms with Crippen LogP contribution < -0.4 is 5.32 Å². The number of hydrogen-bond acceptors (Lipinski definition) is 3. The molecule has 5 heteroatoms. The van der Waals surface area contributed by atoms with Crippen LogP contribution in [0.2, 0.25) is 0 Å². The number of rotatable bonds is 4. The van der Waals surface area contributed by atoms with Crippen LogP contribution in [0, 0.1) is 15.9 Å². The Morgan fingerprint density at radius 2 is 1.83 bits per heavy atom. The predicted molar refractivity (Wildman–Crippen MR) is 66.8 cm³/mol. The highest BCUT2D eigenvalue weighted by atomic mass is 19.1. The van der Waals surface area contributed by atoms with Crippen molar-refractivity contribution in [3.63, 3.8) is 0 Å². The van der Waals surface area contributed by atoms with Gasteiger partial charge in [0.2, 0.25) is 5.82 Å². The number of anilines is 1. The molecule has 2 rings (SSSR count). The van der Waals surface area contributed by atoms with Crippen molar-refractivity contribution < 1.29 is 9.31 Å². The lowest BCUT2D eigenvalue weighted by atomic mass is 10.2. The molecule has 2 aromatic carbocycles. The molecule has 92 valence electrons. The topological polar surface area (TPSA) is 55.2 Å². The van der Waals surface area contributed by atoms with Crippen molar-refractivity contribution in [1.29, 1.82) is 0 Å².